The first kappa shape index (κ1) is 9.69. The smallest absolute Gasteiger partial charge is 0.159 e. The molecule has 0 aliphatic carbocycles. The van der Waals surface area contributed by atoms with E-state index in [1.54, 1.807) is 0 Å². The lowest BCUT2D eigenvalue weighted by atomic mass is 10.1. The summed E-state index contributed by atoms with van der Waals surface area (Å²) in [5.41, 5.74) is 1.38. The molecular weight excluding hydrogens is 176 g/mol. The molecule has 0 saturated carbocycles. The van der Waals surface area contributed by atoms with E-state index in [4.69, 9.17) is 9.47 Å². The zero-order valence-corrected chi connectivity index (χ0v) is 8.32. The lowest BCUT2D eigenvalue weighted by Gasteiger charge is -2.26. The van der Waals surface area contributed by atoms with Gasteiger partial charge in [-0.1, -0.05) is 30.3 Å². The predicted octanol–water partition coefficient (Wildman–Crippen LogP) is 2.38. The standard InChI is InChI=1S/C12H16O2/c1-2-5-11(6-3-1)7-4-9-13-12-8-10-14-12/h1-3,5-6,12H,4,7-10H2. The Hall–Kier alpha value is -0.860. The normalized spacial score (nSPS) is 20.4. The molecule has 1 unspecified atom stereocenters. The van der Waals surface area contributed by atoms with Gasteiger partial charge in [0.25, 0.3) is 0 Å². The Bertz CT molecular complexity index is 254. The molecule has 1 aliphatic heterocycles. The number of benzene rings is 1. The molecule has 0 radical (unpaired) electrons. The first-order valence-electron chi connectivity index (χ1n) is 5.22. The zero-order chi connectivity index (χ0) is 9.64. The largest absolute Gasteiger partial charge is 0.353 e. The van der Waals surface area contributed by atoms with Gasteiger partial charge >= 0.3 is 0 Å². The molecule has 14 heavy (non-hydrogen) atoms. The summed E-state index contributed by atoms with van der Waals surface area (Å²) in [5.74, 6) is 0. The third-order valence-electron chi connectivity index (χ3n) is 2.41. The van der Waals surface area contributed by atoms with Crippen LogP contribution in [0, 0.1) is 0 Å². The highest BCUT2D eigenvalue weighted by molar-refractivity contribution is 5.14. The molecule has 1 atom stereocenters. The van der Waals surface area contributed by atoms with Crippen LogP contribution in [0.25, 0.3) is 0 Å². The molecule has 0 bridgehead atoms. The molecule has 2 rings (SSSR count). The van der Waals surface area contributed by atoms with Gasteiger partial charge in [-0.3, -0.25) is 0 Å². The number of ether oxygens (including phenoxy) is 2. The molecular formula is C12H16O2. The summed E-state index contributed by atoms with van der Waals surface area (Å²) in [7, 11) is 0. The van der Waals surface area contributed by atoms with Crippen LogP contribution in [0.2, 0.25) is 0 Å². The highest BCUT2D eigenvalue weighted by Gasteiger charge is 2.17. The van der Waals surface area contributed by atoms with Crippen LogP contribution in [-0.4, -0.2) is 19.5 Å². The van der Waals surface area contributed by atoms with Crippen LogP contribution < -0.4 is 0 Å². The topological polar surface area (TPSA) is 18.5 Å². The number of aryl methyl sites for hydroxylation is 1. The Morgan fingerprint density at radius 1 is 1.29 bits per heavy atom. The van der Waals surface area contributed by atoms with E-state index in [0.717, 1.165) is 32.5 Å². The van der Waals surface area contributed by atoms with E-state index in [1.165, 1.54) is 5.56 Å². The molecule has 1 aliphatic rings. The molecule has 1 fully saturated rings. The second kappa shape index (κ2) is 5.13. The number of rotatable bonds is 5. The summed E-state index contributed by atoms with van der Waals surface area (Å²) in [6, 6.07) is 10.5. The van der Waals surface area contributed by atoms with Gasteiger partial charge in [0.1, 0.15) is 0 Å². The van der Waals surface area contributed by atoms with Gasteiger partial charge in [0, 0.05) is 6.42 Å². The first-order valence-corrected chi connectivity index (χ1v) is 5.22. The Kier molecular flexibility index (Phi) is 3.55. The van der Waals surface area contributed by atoms with E-state index >= 15 is 0 Å². The number of hydrogen-bond donors (Lipinski definition) is 0. The predicted molar refractivity (Wildman–Crippen MR) is 55.1 cm³/mol. The molecule has 0 N–H and O–H groups in total. The van der Waals surface area contributed by atoms with Gasteiger partial charge in [-0.05, 0) is 18.4 Å². The average molecular weight is 192 g/mol. The van der Waals surface area contributed by atoms with Crippen molar-refractivity contribution in [3.05, 3.63) is 35.9 Å². The van der Waals surface area contributed by atoms with Gasteiger partial charge in [0.05, 0.1) is 13.2 Å². The number of hydrogen-bond acceptors (Lipinski definition) is 2. The van der Waals surface area contributed by atoms with Crippen molar-refractivity contribution in [1.82, 2.24) is 0 Å². The fourth-order valence-electron chi connectivity index (χ4n) is 1.48. The van der Waals surface area contributed by atoms with Crippen molar-refractivity contribution < 1.29 is 9.47 Å². The molecule has 0 amide bonds. The van der Waals surface area contributed by atoms with E-state index in [0.29, 0.717) is 0 Å². The van der Waals surface area contributed by atoms with E-state index in [2.05, 4.69) is 24.3 Å². The van der Waals surface area contributed by atoms with Crippen LogP contribution in [0.4, 0.5) is 0 Å². The fraction of sp³-hybridized carbons (Fsp3) is 0.500. The maximum absolute atomic E-state index is 5.48. The molecule has 76 valence electrons. The van der Waals surface area contributed by atoms with Gasteiger partial charge in [0.15, 0.2) is 6.29 Å². The van der Waals surface area contributed by atoms with Gasteiger partial charge in [-0.25, -0.2) is 0 Å². The van der Waals surface area contributed by atoms with Crippen molar-refractivity contribution in [1.29, 1.82) is 0 Å². The van der Waals surface area contributed by atoms with Crippen LogP contribution in [0.3, 0.4) is 0 Å². The molecule has 1 aromatic rings. The molecule has 0 aromatic heterocycles. The summed E-state index contributed by atoms with van der Waals surface area (Å²) < 4.78 is 10.6. The second-order valence-electron chi connectivity index (χ2n) is 3.55. The highest BCUT2D eigenvalue weighted by atomic mass is 16.7. The van der Waals surface area contributed by atoms with E-state index < -0.39 is 0 Å². The summed E-state index contributed by atoms with van der Waals surface area (Å²) in [6.45, 7) is 1.67. The Morgan fingerprint density at radius 3 is 2.71 bits per heavy atom. The summed E-state index contributed by atoms with van der Waals surface area (Å²) in [5, 5.41) is 0. The summed E-state index contributed by atoms with van der Waals surface area (Å²) in [6.07, 6.45) is 3.31. The molecule has 2 heteroatoms. The van der Waals surface area contributed by atoms with Crippen molar-refractivity contribution >= 4 is 0 Å². The minimum Gasteiger partial charge on any atom is -0.353 e. The van der Waals surface area contributed by atoms with E-state index in [-0.39, 0.29) is 6.29 Å². The lowest BCUT2D eigenvalue weighted by molar-refractivity contribution is -0.214. The van der Waals surface area contributed by atoms with Gasteiger partial charge in [0.2, 0.25) is 0 Å². The van der Waals surface area contributed by atoms with Gasteiger partial charge in [-0.2, -0.15) is 0 Å². The summed E-state index contributed by atoms with van der Waals surface area (Å²) in [4.78, 5) is 0. The Balaban J connectivity index is 1.58. The third kappa shape index (κ3) is 2.82. The molecule has 1 saturated heterocycles. The summed E-state index contributed by atoms with van der Waals surface area (Å²) >= 11 is 0. The average Bonchev–Trinajstić information content (AvgIpc) is 2.16. The van der Waals surface area contributed by atoms with Gasteiger partial charge in [-0.15, -0.1) is 0 Å². The minimum atomic E-state index is 0.0887. The van der Waals surface area contributed by atoms with Crippen LogP contribution >= 0.6 is 0 Å². The second-order valence-corrected chi connectivity index (χ2v) is 3.55. The fourth-order valence-corrected chi connectivity index (χ4v) is 1.48. The van der Waals surface area contributed by atoms with Crippen molar-refractivity contribution in [2.24, 2.45) is 0 Å². The van der Waals surface area contributed by atoms with E-state index in [1.807, 2.05) is 6.07 Å². The monoisotopic (exact) mass is 192 g/mol. The first-order chi connectivity index (χ1) is 6.95. The zero-order valence-electron chi connectivity index (χ0n) is 8.32. The van der Waals surface area contributed by atoms with Crippen molar-refractivity contribution in [2.45, 2.75) is 25.6 Å². The maximum Gasteiger partial charge on any atom is 0.159 e. The SMILES string of the molecule is c1ccc(CCCOC2CCO2)cc1. The van der Waals surface area contributed by atoms with Crippen LogP contribution in [0.1, 0.15) is 18.4 Å². The molecule has 1 aromatic carbocycles. The van der Waals surface area contributed by atoms with Crippen LogP contribution in [-0.2, 0) is 15.9 Å². The molecule has 1 heterocycles. The third-order valence-corrected chi connectivity index (χ3v) is 2.41. The molecule has 0 spiro atoms. The molecule has 2 nitrogen and oxygen atoms in total. The highest BCUT2D eigenvalue weighted by Crippen LogP contribution is 2.12. The van der Waals surface area contributed by atoms with Crippen molar-refractivity contribution in [2.75, 3.05) is 13.2 Å². The van der Waals surface area contributed by atoms with Crippen molar-refractivity contribution in [3.63, 3.8) is 0 Å². The lowest BCUT2D eigenvalue weighted by Crippen LogP contribution is -2.29. The van der Waals surface area contributed by atoms with Crippen LogP contribution in [0.5, 0.6) is 0 Å². The Labute approximate surface area is 84.8 Å². The quantitative estimate of drug-likeness (QED) is 0.667. The van der Waals surface area contributed by atoms with Gasteiger partial charge < -0.3 is 9.47 Å². The minimum absolute atomic E-state index is 0.0887. The maximum atomic E-state index is 5.48. The van der Waals surface area contributed by atoms with Crippen molar-refractivity contribution in [3.8, 4) is 0 Å². The van der Waals surface area contributed by atoms with Crippen LogP contribution in [0.15, 0.2) is 30.3 Å². The van der Waals surface area contributed by atoms with E-state index in [9.17, 15) is 0 Å². The Morgan fingerprint density at radius 2 is 2.07 bits per heavy atom.